The van der Waals surface area contributed by atoms with E-state index in [-0.39, 0.29) is 16.1 Å². The summed E-state index contributed by atoms with van der Waals surface area (Å²) in [7, 11) is -3.47. The molecule has 0 radical (unpaired) electrons. The predicted molar refractivity (Wildman–Crippen MR) is 144 cm³/mol. The van der Waals surface area contributed by atoms with Gasteiger partial charge in [-0.05, 0) is 31.2 Å². The van der Waals surface area contributed by atoms with Gasteiger partial charge in [0.2, 0.25) is 0 Å². The number of esters is 1. The van der Waals surface area contributed by atoms with Crippen LogP contribution in [0, 0.1) is 0 Å². The van der Waals surface area contributed by atoms with Gasteiger partial charge in [-0.25, -0.2) is 18.2 Å². The highest BCUT2D eigenvalue weighted by atomic mass is 35.5. The minimum absolute atomic E-state index is 0.143. The molecule has 226 valence electrons. The SMILES string of the molecule is CNC(=O)C1(OC(=O)C(F)(F)F)CN(S(=O)(=O)c2cc3cc(Cl)ccc3[nH]2)CCN1C(=O)c1nc2c(s1)C(C)NCC2. The van der Waals surface area contributed by atoms with Gasteiger partial charge in [-0.1, -0.05) is 11.6 Å². The van der Waals surface area contributed by atoms with E-state index in [9.17, 15) is 36.0 Å². The Balaban J connectivity index is 1.58. The van der Waals surface area contributed by atoms with Crippen LogP contribution in [0.3, 0.4) is 0 Å². The molecule has 5 rings (SSSR count). The Bertz CT molecular complexity index is 1690. The number of nitrogens with one attached hydrogen (secondary N) is 3. The molecule has 4 heterocycles. The second-order valence-electron chi connectivity index (χ2n) is 9.67. The van der Waals surface area contributed by atoms with Crippen LogP contribution in [0.2, 0.25) is 5.02 Å². The fourth-order valence-electron chi connectivity index (χ4n) is 4.94. The van der Waals surface area contributed by atoms with Crippen LogP contribution in [0.1, 0.15) is 33.3 Å². The maximum absolute atomic E-state index is 13.8. The van der Waals surface area contributed by atoms with E-state index in [1.54, 1.807) is 0 Å². The van der Waals surface area contributed by atoms with Crippen LogP contribution >= 0.6 is 22.9 Å². The number of H-pyrrole nitrogens is 1. The first-order chi connectivity index (χ1) is 19.7. The maximum atomic E-state index is 13.8. The number of aromatic nitrogens is 2. The van der Waals surface area contributed by atoms with Crippen molar-refractivity contribution in [3.8, 4) is 0 Å². The molecular weight excluding hydrogens is 625 g/mol. The number of carbonyl (C=O) groups is 3. The molecule has 2 unspecified atom stereocenters. The number of hydrogen-bond acceptors (Lipinski definition) is 9. The number of aromatic amines is 1. The Morgan fingerprint density at radius 3 is 2.64 bits per heavy atom. The third kappa shape index (κ3) is 5.23. The number of amides is 2. The summed E-state index contributed by atoms with van der Waals surface area (Å²) in [6, 6.07) is 5.70. The molecule has 2 amide bonds. The van der Waals surface area contributed by atoms with Gasteiger partial charge in [-0.15, -0.1) is 11.3 Å². The lowest BCUT2D eigenvalue weighted by molar-refractivity contribution is -0.230. The van der Waals surface area contributed by atoms with Crippen LogP contribution in [-0.4, -0.2) is 90.5 Å². The Hall–Kier alpha value is -3.25. The average Bonchev–Trinajstić information content (AvgIpc) is 3.57. The van der Waals surface area contributed by atoms with Gasteiger partial charge in [0.1, 0.15) is 5.03 Å². The van der Waals surface area contributed by atoms with Crippen LogP contribution in [0.15, 0.2) is 29.3 Å². The van der Waals surface area contributed by atoms with E-state index in [0.717, 1.165) is 23.3 Å². The van der Waals surface area contributed by atoms with Crippen molar-refractivity contribution >= 4 is 61.6 Å². The number of nitrogens with zero attached hydrogens (tertiary/aromatic N) is 3. The van der Waals surface area contributed by atoms with Crippen LogP contribution in [-0.2, 0) is 30.8 Å². The van der Waals surface area contributed by atoms with Gasteiger partial charge in [0.25, 0.3) is 27.6 Å². The number of hydrogen-bond donors (Lipinski definition) is 3. The van der Waals surface area contributed by atoms with Gasteiger partial charge >= 0.3 is 12.1 Å². The fraction of sp³-hybridized carbons (Fsp3) is 0.417. The number of rotatable bonds is 5. The zero-order valence-corrected chi connectivity index (χ0v) is 24.4. The molecule has 2 aromatic heterocycles. The van der Waals surface area contributed by atoms with Crippen molar-refractivity contribution in [3.63, 3.8) is 0 Å². The summed E-state index contributed by atoms with van der Waals surface area (Å²) in [5.41, 5.74) is -1.99. The van der Waals surface area contributed by atoms with Crippen molar-refractivity contribution in [2.24, 2.45) is 0 Å². The number of halogens is 4. The molecule has 3 N–H and O–H groups in total. The summed E-state index contributed by atoms with van der Waals surface area (Å²) >= 11 is 6.99. The lowest BCUT2D eigenvalue weighted by Gasteiger charge is -2.46. The predicted octanol–water partition coefficient (Wildman–Crippen LogP) is 2.18. The summed E-state index contributed by atoms with van der Waals surface area (Å²) in [4.78, 5) is 47.7. The minimum atomic E-state index is -5.56. The summed E-state index contributed by atoms with van der Waals surface area (Å²) < 4.78 is 73.2. The summed E-state index contributed by atoms with van der Waals surface area (Å²) in [5.74, 6) is -5.11. The van der Waals surface area contributed by atoms with E-state index < -0.39 is 59.3 Å². The lowest BCUT2D eigenvalue weighted by Crippen LogP contribution is -2.72. The summed E-state index contributed by atoms with van der Waals surface area (Å²) in [5, 5.41) is 5.61. The molecule has 1 fully saturated rings. The van der Waals surface area contributed by atoms with E-state index in [2.05, 4.69) is 20.6 Å². The normalized spacial score (nSPS) is 21.7. The van der Waals surface area contributed by atoms with Crippen LogP contribution in [0.4, 0.5) is 13.2 Å². The molecule has 3 aromatic rings. The Labute approximate surface area is 246 Å². The summed E-state index contributed by atoms with van der Waals surface area (Å²) in [6.07, 6.45) is -5.07. The number of alkyl halides is 3. The quantitative estimate of drug-likeness (QED) is 0.356. The zero-order valence-electron chi connectivity index (χ0n) is 22.0. The van der Waals surface area contributed by atoms with Gasteiger partial charge in [0.05, 0.1) is 12.2 Å². The average molecular weight is 649 g/mol. The molecule has 2 aliphatic heterocycles. The highest BCUT2D eigenvalue weighted by molar-refractivity contribution is 7.89. The molecular formula is C24H24ClF3N6O6S2. The largest absolute Gasteiger partial charge is 0.491 e. The number of sulfonamides is 1. The second kappa shape index (κ2) is 10.8. The molecule has 0 bridgehead atoms. The summed E-state index contributed by atoms with van der Waals surface area (Å²) in [6.45, 7) is 0.289. The van der Waals surface area contributed by atoms with E-state index >= 15 is 0 Å². The third-order valence-electron chi connectivity index (χ3n) is 7.01. The monoisotopic (exact) mass is 648 g/mol. The van der Waals surface area contributed by atoms with E-state index in [4.69, 9.17) is 16.3 Å². The molecule has 0 saturated carbocycles. The lowest BCUT2D eigenvalue weighted by atomic mass is 10.1. The molecule has 1 saturated heterocycles. The first kappa shape index (κ1) is 30.2. The number of fused-ring (bicyclic) bond motifs is 2. The number of piperazine rings is 1. The molecule has 42 heavy (non-hydrogen) atoms. The van der Waals surface area contributed by atoms with Crippen LogP contribution in [0.25, 0.3) is 10.9 Å². The van der Waals surface area contributed by atoms with Crippen molar-refractivity contribution in [1.82, 2.24) is 29.8 Å². The highest BCUT2D eigenvalue weighted by Crippen LogP contribution is 2.35. The van der Waals surface area contributed by atoms with Gasteiger partial charge < -0.3 is 20.4 Å². The van der Waals surface area contributed by atoms with Crippen molar-refractivity contribution in [2.45, 2.75) is 36.3 Å². The van der Waals surface area contributed by atoms with Crippen molar-refractivity contribution in [1.29, 1.82) is 0 Å². The third-order valence-corrected chi connectivity index (χ3v) is 10.3. The topological polar surface area (TPSA) is 154 Å². The molecule has 2 atom stereocenters. The Morgan fingerprint density at radius 1 is 1.24 bits per heavy atom. The smallest absolute Gasteiger partial charge is 0.421 e. The van der Waals surface area contributed by atoms with Crippen molar-refractivity contribution in [2.75, 3.05) is 33.2 Å². The fourth-order valence-corrected chi connectivity index (χ4v) is 7.67. The number of ether oxygens (including phenoxy) is 1. The number of benzene rings is 1. The molecule has 1 aromatic carbocycles. The number of thiazole rings is 1. The van der Waals surface area contributed by atoms with Gasteiger partial charge in [-0.3, -0.25) is 14.5 Å². The van der Waals surface area contributed by atoms with Crippen LogP contribution in [0.5, 0.6) is 0 Å². The molecule has 0 aliphatic carbocycles. The van der Waals surface area contributed by atoms with Crippen LogP contribution < -0.4 is 10.6 Å². The van der Waals surface area contributed by atoms with Gasteiger partial charge in [-0.2, -0.15) is 17.5 Å². The molecule has 0 spiro atoms. The van der Waals surface area contributed by atoms with E-state index in [0.29, 0.717) is 43.8 Å². The highest BCUT2D eigenvalue weighted by Gasteiger charge is 2.59. The standard InChI is InChI=1S/C24H24ClF3N6O6S2/c1-12-18-16(5-6-30-12)32-19(41-18)20(35)34-8-7-33(11-23(34,21(36)29-2)40-22(37)24(26,27)28)42(38,39)17-10-13-9-14(25)3-4-15(13)31-17/h3-4,9-10,12,30-31H,5-8,11H2,1-2H3,(H,29,36). The maximum Gasteiger partial charge on any atom is 0.491 e. The van der Waals surface area contributed by atoms with E-state index in [1.165, 1.54) is 24.3 Å². The van der Waals surface area contributed by atoms with Crippen molar-refractivity contribution < 1.29 is 40.7 Å². The number of likely N-dealkylation sites (N-methyl/N-ethyl adjacent to an activating group) is 1. The number of carbonyl (C=O) groups excluding carboxylic acids is 3. The first-order valence-electron chi connectivity index (χ1n) is 12.5. The first-order valence-corrected chi connectivity index (χ1v) is 15.2. The molecule has 18 heteroatoms. The van der Waals surface area contributed by atoms with Gasteiger partial charge in [0, 0.05) is 59.9 Å². The molecule has 2 aliphatic rings. The Morgan fingerprint density at radius 2 is 1.98 bits per heavy atom. The van der Waals surface area contributed by atoms with Crippen molar-refractivity contribution in [3.05, 3.63) is 44.9 Å². The van der Waals surface area contributed by atoms with Gasteiger partial charge in [0.15, 0.2) is 5.01 Å². The second-order valence-corrected chi connectivity index (χ2v) is 13.0. The molecule has 12 nitrogen and oxygen atoms in total. The Kier molecular flexibility index (Phi) is 7.76. The zero-order chi connectivity index (χ0) is 30.6. The van der Waals surface area contributed by atoms with E-state index in [1.807, 2.05) is 6.92 Å². The minimum Gasteiger partial charge on any atom is -0.421 e.